The molecule has 1 saturated heterocycles. The normalized spacial score (nSPS) is 20.6. The lowest BCUT2D eigenvalue weighted by atomic mass is 10.1. The molecule has 1 fully saturated rings. The van der Waals surface area contributed by atoms with E-state index < -0.39 is 41.5 Å². The largest absolute Gasteiger partial charge is 0.480 e. The maximum Gasteiger partial charge on any atom is 0.416 e. The monoisotopic (exact) mass is 389 g/mol. The van der Waals surface area contributed by atoms with Gasteiger partial charge in [0.05, 0.1) is 24.8 Å². The molecule has 0 saturated carbocycles. The van der Waals surface area contributed by atoms with Crippen LogP contribution in [0.4, 0.5) is 18.0 Å². The summed E-state index contributed by atoms with van der Waals surface area (Å²) in [6, 6.07) is 3.45. The van der Waals surface area contributed by atoms with Crippen molar-refractivity contribution in [1.82, 2.24) is 4.90 Å². The smallest absolute Gasteiger partial charge is 0.416 e. The number of rotatable bonds is 4. The molecule has 1 aromatic rings. The second-order valence-corrected chi connectivity index (χ2v) is 7.35. The van der Waals surface area contributed by atoms with Crippen molar-refractivity contribution in [3.05, 3.63) is 35.4 Å². The van der Waals surface area contributed by atoms with E-state index in [2.05, 4.69) is 0 Å². The number of aliphatic carboxylic acids is 1. The number of amides is 1. The van der Waals surface area contributed by atoms with Gasteiger partial charge in [0.1, 0.15) is 11.6 Å². The van der Waals surface area contributed by atoms with Crippen LogP contribution in [0.5, 0.6) is 0 Å². The van der Waals surface area contributed by atoms with Gasteiger partial charge < -0.3 is 14.6 Å². The van der Waals surface area contributed by atoms with E-state index in [9.17, 15) is 27.9 Å². The number of benzene rings is 1. The average Bonchev–Trinajstić information content (AvgIpc) is 2.95. The number of carbonyl (C=O) groups excluding carboxylic acids is 1. The predicted molar refractivity (Wildman–Crippen MR) is 89.0 cm³/mol. The van der Waals surface area contributed by atoms with E-state index >= 15 is 0 Å². The lowest BCUT2D eigenvalue weighted by Gasteiger charge is -2.26. The highest BCUT2D eigenvalue weighted by Crippen LogP contribution is 2.29. The molecule has 27 heavy (non-hydrogen) atoms. The standard InChI is InChI=1S/C18H22F3NO5/c1-17(2,3)27-16(25)22-9-13(8-14(22)15(23)24)26-10-11-4-6-12(7-5-11)18(19,20)21/h4-7,13-14H,8-10H2,1-3H3,(H,23,24)/t13-,14+/m1/s1. The van der Waals surface area contributed by atoms with Gasteiger partial charge in [-0.05, 0) is 38.5 Å². The van der Waals surface area contributed by atoms with E-state index in [1.54, 1.807) is 20.8 Å². The van der Waals surface area contributed by atoms with Gasteiger partial charge >= 0.3 is 18.2 Å². The van der Waals surface area contributed by atoms with Crippen molar-refractivity contribution in [1.29, 1.82) is 0 Å². The Morgan fingerprint density at radius 3 is 2.26 bits per heavy atom. The number of carbonyl (C=O) groups is 2. The fraction of sp³-hybridized carbons (Fsp3) is 0.556. The number of carboxylic acids is 1. The third-order valence-corrected chi connectivity index (χ3v) is 3.94. The summed E-state index contributed by atoms with van der Waals surface area (Å²) >= 11 is 0. The summed E-state index contributed by atoms with van der Waals surface area (Å²) in [5.41, 5.74) is -1.00. The van der Waals surface area contributed by atoms with Crippen molar-refractivity contribution >= 4 is 12.1 Å². The molecule has 150 valence electrons. The van der Waals surface area contributed by atoms with Crippen LogP contribution in [0.25, 0.3) is 0 Å². The molecular weight excluding hydrogens is 367 g/mol. The van der Waals surface area contributed by atoms with E-state index in [1.165, 1.54) is 12.1 Å². The second-order valence-electron chi connectivity index (χ2n) is 7.35. The Labute approximate surface area is 154 Å². The van der Waals surface area contributed by atoms with Crippen molar-refractivity contribution in [3.63, 3.8) is 0 Å². The fourth-order valence-corrected chi connectivity index (χ4v) is 2.68. The van der Waals surface area contributed by atoms with Gasteiger partial charge in [-0.2, -0.15) is 13.2 Å². The highest BCUT2D eigenvalue weighted by Gasteiger charge is 2.42. The van der Waals surface area contributed by atoms with Gasteiger partial charge in [0.25, 0.3) is 0 Å². The molecule has 6 nitrogen and oxygen atoms in total. The first kappa shape index (κ1) is 21.0. The van der Waals surface area contributed by atoms with Crippen LogP contribution in [-0.2, 0) is 27.1 Å². The van der Waals surface area contributed by atoms with Gasteiger partial charge in [-0.15, -0.1) is 0 Å². The van der Waals surface area contributed by atoms with Crippen molar-refractivity contribution in [3.8, 4) is 0 Å². The summed E-state index contributed by atoms with van der Waals surface area (Å²) in [5, 5.41) is 9.33. The molecule has 0 aliphatic carbocycles. The highest BCUT2D eigenvalue weighted by atomic mass is 19.4. The molecule has 1 N–H and O–H groups in total. The molecule has 1 heterocycles. The number of halogens is 3. The molecule has 2 atom stereocenters. The van der Waals surface area contributed by atoms with E-state index in [0.717, 1.165) is 17.0 Å². The zero-order valence-electron chi connectivity index (χ0n) is 15.2. The van der Waals surface area contributed by atoms with Crippen LogP contribution >= 0.6 is 0 Å². The number of nitrogens with zero attached hydrogens (tertiary/aromatic N) is 1. The molecule has 1 amide bonds. The SMILES string of the molecule is CC(C)(C)OC(=O)N1C[C@H](OCc2ccc(C(F)(F)F)cc2)C[C@H]1C(=O)O. The maximum atomic E-state index is 12.6. The zero-order valence-corrected chi connectivity index (χ0v) is 15.2. The number of alkyl halides is 3. The zero-order chi connectivity index (χ0) is 20.4. The summed E-state index contributed by atoms with van der Waals surface area (Å²) < 4.78 is 48.5. The lowest BCUT2D eigenvalue weighted by molar-refractivity contribution is -0.142. The second kappa shape index (κ2) is 7.75. The summed E-state index contributed by atoms with van der Waals surface area (Å²) in [5.74, 6) is -1.17. The van der Waals surface area contributed by atoms with E-state index in [0.29, 0.717) is 5.56 Å². The van der Waals surface area contributed by atoms with Crippen LogP contribution in [0, 0.1) is 0 Å². The van der Waals surface area contributed by atoms with E-state index in [4.69, 9.17) is 9.47 Å². The third-order valence-electron chi connectivity index (χ3n) is 3.94. The van der Waals surface area contributed by atoms with E-state index in [-0.39, 0.29) is 19.6 Å². The third kappa shape index (κ3) is 5.85. The van der Waals surface area contributed by atoms with Crippen LogP contribution in [0.15, 0.2) is 24.3 Å². The first-order valence-electron chi connectivity index (χ1n) is 8.37. The first-order valence-corrected chi connectivity index (χ1v) is 8.37. The Hall–Kier alpha value is -2.29. The first-order chi connectivity index (χ1) is 12.4. The molecule has 0 aromatic heterocycles. The number of hydrogen-bond acceptors (Lipinski definition) is 4. The van der Waals surface area contributed by atoms with Crippen LogP contribution in [0.3, 0.4) is 0 Å². The van der Waals surface area contributed by atoms with E-state index in [1.807, 2.05) is 0 Å². The quantitative estimate of drug-likeness (QED) is 0.850. The van der Waals surface area contributed by atoms with Crippen molar-refractivity contribution in [2.45, 2.75) is 57.7 Å². The maximum absolute atomic E-state index is 12.6. The van der Waals surface area contributed by atoms with Crippen molar-refractivity contribution < 1.29 is 37.3 Å². The van der Waals surface area contributed by atoms with Crippen molar-refractivity contribution in [2.24, 2.45) is 0 Å². The van der Waals surface area contributed by atoms with Gasteiger partial charge in [0.15, 0.2) is 0 Å². The predicted octanol–water partition coefficient (Wildman–Crippen LogP) is 3.68. The topological polar surface area (TPSA) is 76.1 Å². The van der Waals surface area contributed by atoms with Crippen molar-refractivity contribution in [2.75, 3.05) is 6.54 Å². The molecule has 0 spiro atoms. The van der Waals surface area contributed by atoms with Gasteiger partial charge in [0.2, 0.25) is 0 Å². The van der Waals surface area contributed by atoms with Gasteiger partial charge in [-0.1, -0.05) is 12.1 Å². The number of likely N-dealkylation sites (tertiary alicyclic amines) is 1. The lowest BCUT2D eigenvalue weighted by Crippen LogP contribution is -2.43. The van der Waals surface area contributed by atoms with Gasteiger partial charge in [0, 0.05) is 6.42 Å². The molecule has 9 heteroatoms. The molecule has 0 unspecified atom stereocenters. The number of ether oxygens (including phenoxy) is 2. The molecule has 2 rings (SSSR count). The van der Waals surface area contributed by atoms with Crippen LogP contribution < -0.4 is 0 Å². The Kier molecular flexibility index (Phi) is 6.04. The minimum atomic E-state index is -4.41. The Morgan fingerprint density at radius 2 is 1.78 bits per heavy atom. The van der Waals surface area contributed by atoms with Crippen LogP contribution in [-0.4, -0.2) is 46.4 Å². The summed E-state index contributed by atoms with van der Waals surface area (Å²) in [7, 11) is 0. The number of hydrogen-bond donors (Lipinski definition) is 1. The molecule has 1 aliphatic heterocycles. The molecule has 0 radical (unpaired) electrons. The number of carboxylic acid groups (broad SMARTS) is 1. The Balaban J connectivity index is 1.97. The minimum absolute atomic E-state index is 0.0112. The summed E-state index contributed by atoms with van der Waals surface area (Å²) in [4.78, 5) is 24.7. The summed E-state index contributed by atoms with van der Waals surface area (Å²) in [6.07, 6.45) is -5.63. The molecule has 1 aromatic carbocycles. The molecular formula is C18H22F3NO5. The Bertz CT molecular complexity index is 682. The minimum Gasteiger partial charge on any atom is -0.480 e. The fourth-order valence-electron chi connectivity index (χ4n) is 2.68. The van der Waals surface area contributed by atoms with Crippen LogP contribution in [0.2, 0.25) is 0 Å². The molecule has 1 aliphatic rings. The Morgan fingerprint density at radius 1 is 1.19 bits per heavy atom. The average molecular weight is 389 g/mol. The summed E-state index contributed by atoms with van der Waals surface area (Å²) in [6.45, 7) is 5.07. The molecule has 0 bridgehead atoms. The highest BCUT2D eigenvalue weighted by molar-refractivity contribution is 5.81. The van der Waals surface area contributed by atoms with Gasteiger partial charge in [-0.25, -0.2) is 9.59 Å². The van der Waals surface area contributed by atoms with Crippen LogP contribution in [0.1, 0.15) is 38.3 Å². The van der Waals surface area contributed by atoms with Gasteiger partial charge in [-0.3, -0.25) is 4.90 Å².